The van der Waals surface area contributed by atoms with Crippen LogP contribution in [-0.2, 0) is 0 Å². The van der Waals surface area contributed by atoms with Crippen LogP contribution in [0.4, 0.5) is 0 Å². The van der Waals surface area contributed by atoms with Crippen molar-refractivity contribution in [2.75, 3.05) is 6.54 Å². The Balaban J connectivity index is 0.000000845. The van der Waals surface area contributed by atoms with Gasteiger partial charge >= 0.3 is 37.7 Å². The molecule has 1 aromatic carbocycles. The molecular weight excluding hydrogens is 162 g/mol. The van der Waals surface area contributed by atoms with E-state index in [-0.39, 0.29) is 37.7 Å². The number of rotatable bonds is 1. The summed E-state index contributed by atoms with van der Waals surface area (Å²) in [6.45, 7) is 2.89. The van der Waals surface area contributed by atoms with Gasteiger partial charge in [0.2, 0.25) is 0 Å². The molecular formula is C10H10Li2N2. The predicted molar refractivity (Wildman–Crippen MR) is 49.5 cm³/mol. The predicted octanol–water partition coefficient (Wildman–Crippen LogP) is -3.98. The van der Waals surface area contributed by atoms with Crippen LogP contribution in [0.2, 0.25) is 0 Å². The molecule has 0 N–H and O–H groups in total. The van der Waals surface area contributed by atoms with Crippen molar-refractivity contribution >= 4 is 5.84 Å². The summed E-state index contributed by atoms with van der Waals surface area (Å²) in [6, 6.07) is 11.2. The summed E-state index contributed by atoms with van der Waals surface area (Å²) in [7, 11) is 0. The Kier molecular flexibility index (Phi) is 6.33. The molecule has 4 heteroatoms. The summed E-state index contributed by atoms with van der Waals surface area (Å²) in [4.78, 5) is 4.38. The average molecular weight is 172 g/mol. The van der Waals surface area contributed by atoms with Crippen LogP contribution in [0.25, 0.3) is 5.32 Å². The van der Waals surface area contributed by atoms with Gasteiger partial charge in [-0.05, 0) is 0 Å². The van der Waals surface area contributed by atoms with Crippen molar-refractivity contribution in [3.63, 3.8) is 0 Å². The molecule has 0 saturated heterocycles. The third kappa shape index (κ3) is 3.23. The van der Waals surface area contributed by atoms with Crippen LogP contribution in [0.3, 0.4) is 0 Å². The van der Waals surface area contributed by atoms with Gasteiger partial charge in [-0.3, -0.25) is 0 Å². The van der Waals surface area contributed by atoms with Crippen LogP contribution in [0.1, 0.15) is 12.5 Å². The molecule has 14 heavy (non-hydrogen) atoms. The molecule has 0 aliphatic carbocycles. The number of hydrogen-bond donors (Lipinski definition) is 0. The van der Waals surface area contributed by atoms with Crippen molar-refractivity contribution in [1.29, 1.82) is 0 Å². The van der Waals surface area contributed by atoms with E-state index in [0.717, 1.165) is 17.9 Å². The molecule has 0 radical (unpaired) electrons. The van der Waals surface area contributed by atoms with E-state index in [9.17, 15) is 0 Å². The van der Waals surface area contributed by atoms with E-state index in [1.807, 2.05) is 24.3 Å². The third-order valence-corrected chi connectivity index (χ3v) is 1.80. The number of nitrogens with zero attached hydrogens (tertiary/aromatic N) is 2. The van der Waals surface area contributed by atoms with E-state index in [1.54, 1.807) is 0 Å². The Morgan fingerprint density at radius 3 is 2.71 bits per heavy atom. The van der Waals surface area contributed by atoms with Crippen molar-refractivity contribution < 1.29 is 37.7 Å². The Hall–Kier alpha value is -0.115. The molecule has 1 heterocycles. The minimum Gasteiger partial charge on any atom is -0.511 e. The molecule has 2 rings (SSSR count). The van der Waals surface area contributed by atoms with Gasteiger partial charge in [-0.25, -0.2) is 0 Å². The van der Waals surface area contributed by atoms with E-state index in [2.05, 4.69) is 23.3 Å². The smallest absolute Gasteiger partial charge is 0.511 e. The first-order chi connectivity index (χ1) is 5.86. The second kappa shape index (κ2) is 6.38. The Morgan fingerprint density at radius 2 is 2.21 bits per heavy atom. The Morgan fingerprint density at radius 1 is 1.43 bits per heavy atom. The molecule has 2 nitrogen and oxygen atoms in total. The van der Waals surface area contributed by atoms with Gasteiger partial charge in [0.05, 0.1) is 0 Å². The van der Waals surface area contributed by atoms with Crippen molar-refractivity contribution in [3.05, 3.63) is 41.2 Å². The first-order valence-corrected chi connectivity index (χ1v) is 4.08. The zero-order valence-electron chi connectivity index (χ0n) is 8.99. The van der Waals surface area contributed by atoms with Crippen LogP contribution < -0.4 is 37.7 Å². The molecule has 1 aliphatic heterocycles. The first kappa shape index (κ1) is 13.9. The molecule has 0 saturated carbocycles. The summed E-state index contributed by atoms with van der Waals surface area (Å²) in [5.41, 5.74) is 1.00. The fourth-order valence-electron chi connectivity index (χ4n) is 1.20. The normalized spacial score (nSPS) is 18.6. The second-order valence-electron chi connectivity index (χ2n) is 2.92. The van der Waals surface area contributed by atoms with Crippen LogP contribution in [0.5, 0.6) is 0 Å². The summed E-state index contributed by atoms with van der Waals surface area (Å²) < 4.78 is 0. The maximum atomic E-state index is 4.38. The monoisotopic (exact) mass is 172 g/mol. The molecule has 0 fully saturated rings. The van der Waals surface area contributed by atoms with Gasteiger partial charge in [-0.1, -0.05) is 19.5 Å². The van der Waals surface area contributed by atoms with Crippen LogP contribution in [0, 0.1) is 6.07 Å². The number of benzene rings is 1. The summed E-state index contributed by atoms with van der Waals surface area (Å²) in [5.74, 6) is 0.850. The number of aliphatic imine (C=N–C) groups is 1. The molecule has 0 amide bonds. The van der Waals surface area contributed by atoms with Gasteiger partial charge in [-0.15, -0.1) is 30.3 Å². The minimum absolute atomic E-state index is 0. The van der Waals surface area contributed by atoms with Crippen molar-refractivity contribution in [1.82, 2.24) is 0 Å². The zero-order valence-corrected chi connectivity index (χ0v) is 8.99. The molecule has 0 spiro atoms. The largest absolute Gasteiger partial charge is 1.00 e. The Labute approximate surface area is 109 Å². The van der Waals surface area contributed by atoms with Gasteiger partial charge in [0.15, 0.2) is 0 Å². The van der Waals surface area contributed by atoms with Crippen LogP contribution in [0.15, 0.2) is 29.3 Å². The molecule has 1 atom stereocenters. The van der Waals surface area contributed by atoms with Crippen LogP contribution >= 0.6 is 0 Å². The topological polar surface area (TPSA) is 26.5 Å². The van der Waals surface area contributed by atoms with Crippen molar-refractivity contribution in [2.24, 2.45) is 4.99 Å². The van der Waals surface area contributed by atoms with Gasteiger partial charge in [-0.2, -0.15) is 11.4 Å². The van der Waals surface area contributed by atoms with E-state index >= 15 is 0 Å². The van der Waals surface area contributed by atoms with Crippen LogP contribution in [-0.4, -0.2) is 18.4 Å². The van der Waals surface area contributed by atoms with Crippen molar-refractivity contribution in [3.8, 4) is 0 Å². The van der Waals surface area contributed by atoms with Crippen molar-refractivity contribution in [2.45, 2.75) is 13.0 Å². The summed E-state index contributed by atoms with van der Waals surface area (Å²) in [6.07, 6.45) is 0. The molecule has 0 bridgehead atoms. The Bertz CT molecular complexity index is 298. The third-order valence-electron chi connectivity index (χ3n) is 1.80. The summed E-state index contributed by atoms with van der Waals surface area (Å²) in [5, 5.41) is 4.31. The van der Waals surface area contributed by atoms with Gasteiger partial charge < -0.3 is 10.3 Å². The van der Waals surface area contributed by atoms with E-state index in [1.165, 1.54) is 0 Å². The average Bonchev–Trinajstić information content (AvgIpc) is 2.54. The SMILES string of the molecule is CC1C[N-]C(c2[c-]cccc2)=N1.[Li+].[Li+]. The minimum atomic E-state index is 0. The van der Waals surface area contributed by atoms with E-state index < -0.39 is 0 Å². The molecule has 1 aliphatic rings. The zero-order chi connectivity index (χ0) is 8.39. The first-order valence-electron chi connectivity index (χ1n) is 4.08. The molecule has 1 unspecified atom stereocenters. The van der Waals surface area contributed by atoms with Gasteiger partial charge in [0, 0.05) is 0 Å². The maximum Gasteiger partial charge on any atom is 1.00 e. The quantitative estimate of drug-likeness (QED) is 0.305. The fraction of sp³-hybridized carbons (Fsp3) is 0.300. The maximum absolute atomic E-state index is 4.38. The standard InChI is InChI=1S/C10H10N2.2Li/c1-8-7-11-10(12-8)9-5-3-2-4-6-9;;/h2-5,8H,7H2,1H3;;/q-2;2*+1. The van der Waals surface area contributed by atoms with E-state index in [4.69, 9.17) is 0 Å². The van der Waals surface area contributed by atoms with Gasteiger partial charge in [0.25, 0.3) is 0 Å². The molecule has 0 aromatic heterocycles. The van der Waals surface area contributed by atoms with E-state index in [0.29, 0.717) is 6.04 Å². The number of hydrogen-bond acceptors (Lipinski definition) is 1. The number of amidine groups is 1. The van der Waals surface area contributed by atoms with Gasteiger partial charge in [0.1, 0.15) is 0 Å². The fourth-order valence-corrected chi connectivity index (χ4v) is 1.20. The molecule has 62 valence electrons. The summed E-state index contributed by atoms with van der Waals surface area (Å²) >= 11 is 0. The second-order valence-corrected chi connectivity index (χ2v) is 2.92. The molecule has 1 aromatic rings.